The zero-order chi connectivity index (χ0) is 21.6. The van der Waals surface area contributed by atoms with E-state index in [-0.39, 0.29) is 17.3 Å². The molecular formula is C23H21F3N4O. The molecule has 2 amide bonds. The molecule has 0 radical (unpaired) electrons. The lowest BCUT2D eigenvalue weighted by atomic mass is 9.82. The molecule has 8 heteroatoms. The third kappa shape index (κ3) is 3.41. The van der Waals surface area contributed by atoms with Crippen molar-refractivity contribution in [3.05, 3.63) is 78.1 Å². The van der Waals surface area contributed by atoms with Gasteiger partial charge in [-0.25, -0.2) is 4.79 Å². The van der Waals surface area contributed by atoms with E-state index >= 15 is 0 Å². The molecule has 0 atom stereocenters. The largest absolute Gasteiger partial charge is 0.416 e. The molecule has 0 unspecified atom stereocenters. The van der Waals surface area contributed by atoms with Crippen LogP contribution in [0, 0.1) is 0 Å². The molecule has 3 heterocycles. The van der Waals surface area contributed by atoms with E-state index in [0.717, 1.165) is 29.2 Å². The highest BCUT2D eigenvalue weighted by molar-refractivity contribution is 5.89. The van der Waals surface area contributed by atoms with Crippen molar-refractivity contribution >= 4 is 17.4 Å². The van der Waals surface area contributed by atoms with Crippen molar-refractivity contribution in [2.24, 2.45) is 0 Å². The summed E-state index contributed by atoms with van der Waals surface area (Å²) in [7, 11) is 0. The van der Waals surface area contributed by atoms with Crippen LogP contribution in [-0.4, -0.2) is 28.6 Å². The number of halogens is 3. The van der Waals surface area contributed by atoms with Gasteiger partial charge in [0, 0.05) is 30.7 Å². The van der Waals surface area contributed by atoms with E-state index in [0.29, 0.717) is 25.9 Å². The molecule has 0 bridgehead atoms. The number of hydrogen-bond acceptors (Lipinski definition) is 2. The highest BCUT2D eigenvalue weighted by Gasteiger charge is 2.42. The van der Waals surface area contributed by atoms with Gasteiger partial charge >= 0.3 is 12.2 Å². The first kappa shape index (κ1) is 19.5. The smallest absolute Gasteiger partial charge is 0.372 e. The Hall–Kier alpha value is -3.42. The van der Waals surface area contributed by atoms with Gasteiger partial charge in [-0.1, -0.05) is 18.2 Å². The van der Waals surface area contributed by atoms with E-state index in [4.69, 9.17) is 0 Å². The quantitative estimate of drug-likeness (QED) is 0.544. The van der Waals surface area contributed by atoms with Crippen molar-refractivity contribution in [3.63, 3.8) is 0 Å². The van der Waals surface area contributed by atoms with Crippen molar-refractivity contribution in [2.45, 2.75) is 24.6 Å². The first-order chi connectivity index (χ1) is 14.9. The lowest BCUT2D eigenvalue weighted by Gasteiger charge is -2.46. The van der Waals surface area contributed by atoms with E-state index in [9.17, 15) is 18.0 Å². The lowest BCUT2D eigenvalue weighted by Crippen LogP contribution is -2.51. The molecule has 1 aromatic heterocycles. The number of alkyl halides is 3. The number of fused-ring (bicyclic) bond motifs is 4. The second kappa shape index (κ2) is 7.08. The van der Waals surface area contributed by atoms with Crippen molar-refractivity contribution in [2.75, 3.05) is 23.7 Å². The number of carbonyl (C=O) groups is 1. The molecule has 1 saturated heterocycles. The number of piperidine rings is 1. The Bertz CT molecular complexity index is 1130. The molecule has 160 valence electrons. The van der Waals surface area contributed by atoms with Gasteiger partial charge in [0.15, 0.2) is 0 Å². The Morgan fingerprint density at radius 2 is 1.77 bits per heavy atom. The second-order valence-corrected chi connectivity index (χ2v) is 7.98. The molecule has 5 nitrogen and oxygen atoms in total. The molecule has 0 saturated carbocycles. The summed E-state index contributed by atoms with van der Waals surface area (Å²) in [6, 6.07) is 16.5. The highest BCUT2D eigenvalue weighted by Crippen LogP contribution is 2.43. The van der Waals surface area contributed by atoms with E-state index in [1.54, 1.807) is 4.90 Å². The average molecular weight is 426 g/mol. The number of likely N-dealkylation sites (tertiary alicyclic amines) is 1. The van der Waals surface area contributed by atoms with Crippen LogP contribution in [0.2, 0.25) is 0 Å². The van der Waals surface area contributed by atoms with Gasteiger partial charge in [0.05, 0.1) is 22.5 Å². The number of para-hydroxylation sites is 2. The van der Waals surface area contributed by atoms with E-state index in [2.05, 4.69) is 27.3 Å². The number of carbonyl (C=O) groups excluding carboxylic acids is 1. The summed E-state index contributed by atoms with van der Waals surface area (Å²) in [5.41, 5.74) is 2.37. The summed E-state index contributed by atoms with van der Waals surface area (Å²) in [5.74, 6) is 0. The maximum atomic E-state index is 12.9. The molecule has 2 aromatic carbocycles. The molecular weight excluding hydrogens is 405 g/mol. The first-order valence-corrected chi connectivity index (χ1v) is 10.1. The van der Waals surface area contributed by atoms with Crippen molar-refractivity contribution in [3.8, 4) is 5.69 Å². The minimum atomic E-state index is -4.45. The summed E-state index contributed by atoms with van der Waals surface area (Å²) in [6.45, 7) is 0.982. The molecule has 5 rings (SSSR count). The first-order valence-electron chi connectivity index (χ1n) is 10.1. The number of rotatable bonds is 1. The number of nitrogens with zero attached hydrogens (tertiary/aromatic N) is 2. The second-order valence-electron chi connectivity index (χ2n) is 7.98. The summed E-state index contributed by atoms with van der Waals surface area (Å²) >= 11 is 0. The monoisotopic (exact) mass is 426 g/mol. The van der Waals surface area contributed by atoms with Crippen LogP contribution in [0.3, 0.4) is 0 Å². The minimum absolute atomic E-state index is 0.138. The zero-order valence-corrected chi connectivity index (χ0v) is 16.6. The predicted molar refractivity (Wildman–Crippen MR) is 112 cm³/mol. The number of hydrogen-bond donors (Lipinski definition) is 2. The minimum Gasteiger partial charge on any atom is -0.372 e. The number of anilines is 2. The topological polar surface area (TPSA) is 49.3 Å². The van der Waals surface area contributed by atoms with Gasteiger partial charge in [0.25, 0.3) is 0 Å². The Balaban J connectivity index is 1.31. The summed E-state index contributed by atoms with van der Waals surface area (Å²) in [4.78, 5) is 14.4. The zero-order valence-electron chi connectivity index (χ0n) is 16.6. The van der Waals surface area contributed by atoms with E-state index < -0.39 is 11.7 Å². The van der Waals surface area contributed by atoms with Crippen molar-refractivity contribution < 1.29 is 18.0 Å². The number of amides is 2. The summed E-state index contributed by atoms with van der Waals surface area (Å²) < 4.78 is 41.0. The number of nitrogens with one attached hydrogen (secondary N) is 2. The standard InChI is InChI=1S/C23H21F3N4O/c24-23(25,26)16-5-3-6-17(15-16)27-21(31)29-13-10-22(11-14-29)20-9-4-12-30(20)19-8-2-1-7-18(19)28-22/h1-9,12,15,28H,10-11,13-14H2,(H,27,31). The third-order valence-corrected chi connectivity index (χ3v) is 6.12. The van der Waals surface area contributed by atoms with Gasteiger partial charge in [-0.05, 0) is 55.3 Å². The van der Waals surface area contributed by atoms with E-state index in [1.807, 2.05) is 30.5 Å². The van der Waals surface area contributed by atoms with Crippen LogP contribution in [0.1, 0.15) is 24.1 Å². The van der Waals surface area contributed by atoms with Gasteiger partial charge < -0.3 is 20.1 Å². The van der Waals surface area contributed by atoms with E-state index in [1.165, 1.54) is 12.1 Å². The van der Waals surface area contributed by atoms with Crippen molar-refractivity contribution in [1.29, 1.82) is 0 Å². The van der Waals surface area contributed by atoms with Crippen LogP contribution in [0.5, 0.6) is 0 Å². The van der Waals surface area contributed by atoms with Gasteiger partial charge in [-0.2, -0.15) is 13.2 Å². The normalized spacial score (nSPS) is 16.9. The molecule has 3 aromatic rings. The molecule has 31 heavy (non-hydrogen) atoms. The Labute approximate surface area is 177 Å². The number of benzene rings is 2. The molecule has 2 aliphatic rings. The Morgan fingerprint density at radius 3 is 2.55 bits per heavy atom. The van der Waals surface area contributed by atoms with Crippen LogP contribution < -0.4 is 10.6 Å². The van der Waals surface area contributed by atoms with Gasteiger partial charge in [-0.3, -0.25) is 0 Å². The predicted octanol–water partition coefficient (Wildman–Crippen LogP) is 5.44. The Morgan fingerprint density at radius 1 is 1.00 bits per heavy atom. The van der Waals surface area contributed by atoms with Crippen LogP contribution in [0.15, 0.2) is 66.9 Å². The van der Waals surface area contributed by atoms with Crippen LogP contribution in [0.4, 0.5) is 29.3 Å². The molecule has 1 spiro atoms. The molecule has 1 fully saturated rings. The molecule has 2 aliphatic heterocycles. The fraction of sp³-hybridized carbons (Fsp3) is 0.261. The number of urea groups is 1. The maximum Gasteiger partial charge on any atom is 0.416 e. The number of aromatic nitrogens is 1. The van der Waals surface area contributed by atoms with Crippen LogP contribution in [-0.2, 0) is 11.7 Å². The third-order valence-electron chi connectivity index (χ3n) is 6.12. The fourth-order valence-electron chi connectivity index (χ4n) is 4.54. The maximum absolute atomic E-state index is 12.9. The summed E-state index contributed by atoms with van der Waals surface area (Å²) in [6.07, 6.45) is -1.01. The summed E-state index contributed by atoms with van der Waals surface area (Å²) in [5, 5.41) is 6.29. The molecule has 0 aliphatic carbocycles. The lowest BCUT2D eigenvalue weighted by molar-refractivity contribution is -0.137. The van der Waals surface area contributed by atoms with Gasteiger partial charge in [-0.15, -0.1) is 0 Å². The van der Waals surface area contributed by atoms with Crippen molar-refractivity contribution in [1.82, 2.24) is 9.47 Å². The molecule has 2 N–H and O–H groups in total. The fourth-order valence-corrected chi connectivity index (χ4v) is 4.54. The highest BCUT2D eigenvalue weighted by atomic mass is 19.4. The van der Waals surface area contributed by atoms with Crippen LogP contribution in [0.25, 0.3) is 5.69 Å². The average Bonchev–Trinajstić information content (AvgIpc) is 3.25. The van der Waals surface area contributed by atoms with Crippen LogP contribution >= 0.6 is 0 Å². The van der Waals surface area contributed by atoms with Gasteiger partial charge in [0.2, 0.25) is 0 Å². The van der Waals surface area contributed by atoms with Gasteiger partial charge in [0.1, 0.15) is 0 Å². The SMILES string of the molecule is O=C(Nc1cccc(C(F)(F)F)c1)N1CCC2(CC1)Nc1ccccc1-n1cccc12. The Kier molecular flexibility index (Phi) is 4.46.